The summed E-state index contributed by atoms with van der Waals surface area (Å²) in [7, 11) is -1.23. The molecule has 0 bridgehead atoms. The molecular formula is C16H18N2O2S. The molecule has 1 amide bonds. The minimum Gasteiger partial charge on any atom is -0.325 e. The second-order valence-corrected chi connectivity index (χ2v) is 6.35. The highest BCUT2D eigenvalue weighted by Crippen LogP contribution is 2.20. The van der Waals surface area contributed by atoms with Gasteiger partial charge in [0.05, 0.1) is 17.3 Å². The lowest BCUT2D eigenvalue weighted by Crippen LogP contribution is -2.21. The largest absolute Gasteiger partial charge is 0.325 e. The molecule has 110 valence electrons. The third kappa shape index (κ3) is 4.00. The molecule has 0 aliphatic heterocycles. The van der Waals surface area contributed by atoms with Gasteiger partial charge < -0.3 is 11.1 Å². The van der Waals surface area contributed by atoms with Gasteiger partial charge in [-0.15, -0.1) is 0 Å². The highest BCUT2D eigenvalue weighted by atomic mass is 32.2. The third-order valence-corrected chi connectivity index (χ3v) is 4.31. The number of carbonyl (C=O) groups is 1. The number of hydrogen-bond acceptors (Lipinski definition) is 3. The first-order valence-electron chi connectivity index (χ1n) is 6.59. The molecule has 0 fully saturated rings. The average molecular weight is 302 g/mol. The Kier molecular flexibility index (Phi) is 4.88. The summed E-state index contributed by atoms with van der Waals surface area (Å²) in [4.78, 5) is 12.7. The number of hydrogen-bond donors (Lipinski definition) is 2. The van der Waals surface area contributed by atoms with Gasteiger partial charge in [-0.2, -0.15) is 0 Å². The van der Waals surface area contributed by atoms with Crippen LogP contribution in [0.4, 0.5) is 5.69 Å². The first-order chi connectivity index (χ1) is 9.99. The van der Waals surface area contributed by atoms with Crippen molar-refractivity contribution in [2.75, 3.05) is 11.9 Å². The van der Waals surface area contributed by atoms with E-state index in [4.69, 9.17) is 5.73 Å². The number of benzene rings is 2. The molecule has 21 heavy (non-hydrogen) atoms. The van der Waals surface area contributed by atoms with Crippen LogP contribution in [-0.4, -0.2) is 16.7 Å². The van der Waals surface area contributed by atoms with Gasteiger partial charge >= 0.3 is 0 Å². The van der Waals surface area contributed by atoms with Crippen molar-refractivity contribution in [2.45, 2.75) is 23.6 Å². The molecule has 1 atom stereocenters. The number of rotatable bonds is 4. The second-order valence-electron chi connectivity index (χ2n) is 4.87. The number of nitrogens with two attached hydrogens (primary N) is 1. The standard InChI is InChI=1S/C16H18N2O2S/c1-11-7-12(2)9-15(8-11)21(20)14-5-3-13(4-6-14)18-16(19)10-17/h3-9H,10,17H2,1-2H3,(H,18,19). The number of anilines is 1. The Balaban J connectivity index is 2.21. The van der Waals surface area contributed by atoms with Gasteiger partial charge in [-0.3, -0.25) is 4.79 Å². The molecule has 0 spiro atoms. The van der Waals surface area contributed by atoms with Gasteiger partial charge in [0.25, 0.3) is 0 Å². The van der Waals surface area contributed by atoms with Crippen molar-refractivity contribution in [3.8, 4) is 0 Å². The predicted octanol–water partition coefficient (Wildman–Crippen LogP) is 2.37. The molecule has 2 aromatic carbocycles. The lowest BCUT2D eigenvalue weighted by Gasteiger charge is -2.07. The molecule has 3 N–H and O–H groups in total. The zero-order chi connectivity index (χ0) is 15.4. The lowest BCUT2D eigenvalue weighted by molar-refractivity contribution is -0.114. The van der Waals surface area contributed by atoms with E-state index in [9.17, 15) is 9.00 Å². The fourth-order valence-electron chi connectivity index (χ4n) is 2.05. The van der Waals surface area contributed by atoms with Gasteiger partial charge in [0.15, 0.2) is 0 Å². The van der Waals surface area contributed by atoms with Gasteiger partial charge in [0.2, 0.25) is 5.91 Å². The van der Waals surface area contributed by atoms with Crippen molar-refractivity contribution >= 4 is 22.4 Å². The summed E-state index contributed by atoms with van der Waals surface area (Å²) in [5, 5.41) is 2.65. The maximum atomic E-state index is 12.5. The quantitative estimate of drug-likeness (QED) is 0.910. The molecule has 5 heteroatoms. The molecule has 0 saturated carbocycles. The zero-order valence-electron chi connectivity index (χ0n) is 12.1. The first-order valence-corrected chi connectivity index (χ1v) is 7.74. The summed E-state index contributed by atoms with van der Waals surface area (Å²) in [5.41, 5.74) is 8.06. The summed E-state index contributed by atoms with van der Waals surface area (Å²) < 4.78 is 12.5. The zero-order valence-corrected chi connectivity index (χ0v) is 12.9. The molecule has 4 nitrogen and oxygen atoms in total. The van der Waals surface area contributed by atoms with E-state index in [1.54, 1.807) is 24.3 Å². The highest BCUT2D eigenvalue weighted by Gasteiger charge is 2.08. The van der Waals surface area contributed by atoms with Gasteiger partial charge in [-0.25, -0.2) is 4.21 Å². The smallest absolute Gasteiger partial charge is 0.238 e. The summed E-state index contributed by atoms with van der Waals surface area (Å²) in [6.45, 7) is 3.91. The van der Waals surface area contributed by atoms with Crippen LogP contribution in [0.5, 0.6) is 0 Å². The number of aryl methyl sites for hydroxylation is 2. The Morgan fingerprint density at radius 3 is 2.14 bits per heavy atom. The molecule has 2 aromatic rings. The Labute approximate surface area is 126 Å². The minimum absolute atomic E-state index is 0.0593. The van der Waals surface area contributed by atoms with E-state index in [1.807, 2.05) is 32.0 Å². The minimum atomic E-state index is -1.23. The Morgan fingerprint density at radius 2 is 1.62 bits per heavy atom. The van der Waals surface area contributed by atoms with Crippen LogP contribution in [0.2, 0.25) is 0 Å². The van der Waals surface area contributed by atoms with E-state index in [-0.39, 0.29) is 12.5 Å². The van der Waals surface area contributed by atoms with Crippen LogP contribution in [0.3, 0.4) is 0 Å². The number of nitrogens with one attached hydrogen (secondary N) is 1. The van der Waals surface area contributed by atoms with Crippen LogP contribution in [0.15, 0.2) is 52.3 Å². The van der Waals surface area contributed by atoms with Crippen molar-refractivity contribution in [1.29, 1.82) is 0 Å². The molecule has 0 aliphatic carbocycles. The van der Waals surface area contributed by atoms with Crippen molar-refractivity contribution in [1.82, 2.24) is 0 Å². The summed E-state index contributed by atoms with van der Waals surface area (Å²) >= 11 is 0. The van der Waals surface area contributed by atoms with E-state index in [0.717, 1.165) is 16.0 Å². The first kappa shape index (κ1) is 15.4. The molecule has 0 saturated heterocycles. The van der Waals surface area contributed by atoms with Gasteiger partial charge in [0.1, 0.15) is 0 Å². The van der Waals surface area contributed by atoms with Crippen LogP contribution in [0.25, 0.3) is 0 Å². The summed E-state index contributed by atoms with van der Waals surface area (Å²) in [6.07, 6.45) is 0. The molecule has 0 aliphatic rings. The van der Waals surface area contributed by atoms with Gasteiger partial charge in [-0.05, 0) is 61.4 Å². The molecule has 2 rings (SSSR count). The van der Waals surface area contributed by atoms with Crippen LogP contribution >= 0.6 is 0 Å². The highest BCUT2D eigenvalue weighted by molar-refractivity contribution is 7.85. The Morgan fingerprint density at radius 1 is 1.05 bits per heavy atom. The van der Waals surface area contributed by atoms with E-state index in [1.165, 1.54) is 0 Å². The maximum Gasteiger partial charge on any atom is 0.238 e. The third-order valence-electron chi connectivity index (χ3n) is 2.95. The molecule has 0 heterocycles. The molecule has 0 radical (unpaired) electrons. The van der Waals surface area contributed by atoms with Crippen LogP contribution in [0, 0.1) is 13.8 Å². The van der Waals surface area contributed by atoms with E-state index in [2.05, 4.69) is 5.32 Å². The Hall–Kier alpha value is -1.98. The Bertz CT molecular complexity index is 661. The maximum absolute atomic E-state index is 12.5. The van der Waals surface area contributed by atoms with E-state index < -0.39 is 10.8 Å². The number of carbonyl (C=O) groups excluding carboxylic acids is 1. The van der Waals surface area contributed by atoms with Crippen molar-refractivity contribution in [3.63, 3.8) is 0 Å². The average Bonchev–Trinajstić information content (AvgIpc) is 2.46. The van der Waals surface area contributed by atoms with Crippen LogP contribution in [-0.2, 0) is 15.6 Å². The van der Waals surface area contributed by atoms with E-state index >= 15 is 0 Å². The molecular weight excluding hydrogens is 284 g/mol. The fourth-order valence-corrected chi connectivity index (χ4v) is 3.29. The van der Waals surface area contributed by atoms with Gasteiger partial charge in [0, 0.05) is 15.5 Å². The van der Waals surface area contributed by atoms with Crippen LogP contribution < -0.4 is 11.1 Å². The SMILES string of the molecule is Cc1cc(C)cc(S(=O)c2ccc(NC(=O)CN)cc2)c1. The normalized spacial score (nSPS) is 12.0. The summed E-state index contributed by atoms with van der Waals surface area (Å²) in [6, 6.07) is 12.8. The second kappa shape index (κ2) is 6.65. The molecule has 0 aromatic heterocycles. The van der Waals surface area contributed by atoms with Crippen molar-refractivity contribution in [3.05, 3.63) is 53.6 Å². The summed E-state index contributed by atoms with van der Waals surface area (Å²) in [5.74, 6) is -0.252. The lowest BCUT2D eigenvalue weighted by atomic mass is 10.2. The topological polar surface area (TPSA) is 72.2 Å². The van der Waals surface area contributed by atoms with Gasteiger partial charge in [-0.1, -0.05) is 6.07 Å². The fraction of sp³-hybridized carbons (Fsp3) is 0.188. The number of amides is 1. The van der Waals surface area contributed by atoms with E-state index in [0.29, 0.717) is 10.6 Å². The predicted molar refractivity (Wildman–Crippen MR) is 84.7 cm³/mol. The molecule has 1 unspecified atom stereocenters. The van der Waals surface area contributed by atoms with Crippen molar-refractivity contribution in [2.24, 2.45) is 5.73 Å². The monoisotopic (exact) mass is 302 g/mol. The van der Waals surface area contributed by atoms with Crippen molar-refractivity contribution < 1.29 is 9.00 Å². The van der Waals surface area contributed by atoms with Crippen LogP contribution in [0.1, 0.15) is 11.1 Å².